The van der Waals surface area contributed by atoms with Crippen LogP contribution in [0.25, 0.3) is 0 Å². The summed E-state index contributed by atoms with van der Waals surface area (Å²) in [5.41, 5.74) is 0. The first-order valence-corrected chi connectivity index (χ1v) is 5.46. The van der Waals surface area contributed by atoms with Gasteiger partial charge >= 0.3 is 5.97 Å². The van der Waals surface area contributed by atoms with Crippen LogP contribution in [-0.2, 0) is 4.79 Å². The molecule has 0 saturated heterocycles. The summed E-state index contributed by atoms with van der Waals surface area (Å²) in [6.07, 6.45) is 7.89. The smallest absolute Gasteiger partial charge is 0.306 e. The van der Waals surface area contributed by atoms with Gasteiger partial charge in [-0.1, -0.05) is 39.0 Å². The molecule has 1 rings (SSSR count). The van der Waals surface area contributed by atoms with E-state index in [0.29, 0.717) is 5.92 Å². The lowest BCUT2D eigenvalue weighted by molar-refractivity contribution is -0.142. The first-order valence-electron chi connectivity index (χ1n) is 5.46. The number of hydrogen-bond acceptors (Lipinski definition) is 1. The van der Waals surface area contributed by atoms with Gasteiger partial charge in [-0.25, -0.2) is 0 Å². The maximum Gasteiger partial charge on any atom is 0.306 e. The molecular formula is C11H20O2. The van der Waals surface area contributed by atoms with Crippen molar-refractivity contribution < 1.29 is 9.90 Å². The number of aliphatic carboxylic acids is 1. The fraction of sp³-hybridized carbons (Fsp3) is 0.909. The largest absolute Gasteiger partial charge is 0.481 e. The van der Waals surface area contributed by atoms with Crippen molar-refractivity contribution in [1.82, 2.24) is 0 Å². The second-order valence-corrected chi connectivity index (χ2v) is 4.21. The molecule has 0 radical (unpaired) electrons. The summed E-state index contributed by atoms with van der Waals surface area (Å²) >= 11 is 0. The van der Waals surface area contributed by atoms with E-state index in [9.17, 15) is 4.79 Å². The quantitative estimate of drug-likeness (QED) is 0.713. The van der Waals surface area contributed by atoms with Gasteiger partial charge in [-0.05, 0) is 18.8 Å². The van der Waals surface area contributed by atoms with Crippen LogP contribution in [0.3, 0.4) is 0 Å². The van der Waals surface area contributed by atoms with Crippen molar-refractivity contribution in [2.24, 2.45) is 11.8 Å². The maximum absolute atomic E-state index is 10.9. The molecule has 0 aromatic heterocycles. The minimum Gasteiger partial charge on any atom is -0.481 e. The van der Waals surface area contributed by atoms with Gasteiger partial charge in [0.25, 0.3) is 0 Å². The lowest BCUT2D eigenvalue weighted by Crippen LogP contribution is -2.16. The van der Waals surface area contributed by atoms with Gasteiger partial charge in [-0.2, -0.15) is 0 Å². The summed E-state index contributed by atoms with van der Waals surface area (Å²) in [7, 11) is 0. The van der Waals surface area contributed by atoms with Crippen molar-refractivity contribution in [2.75, 3.05) is 0 Å². The van der Waals surface area contributed by atoms with E-state index in [1.807, 2.05) is 0 Å². The fourth-order valence-electron chi connectivity index (χ4n) is 2.34. The van der Waals surface area contributed by atoms with E-state index in [-0.39, 0.29) is 5.92 Å². The van der Waals surface area contributed by atoms with E-state index in [4.69, 9.17) is 5.11 Å². The van der Waals surface area contributed by atoms with Crippen LogP contribution in [0.2, 0.25) is 0 Å². The third kappa shape index (κ3) is 3.37. The summed E-state index contributed by atoms with van der Waals surface area (Å²) in [6, 6.07) is 0. The number of carboxylic acid groups (broad SMARTS) is 1. The van der Waals surface area contributed by atoms with Crippen LogP contribution in [0.4, 0.5) is 0 Å². The highest BCUT2D eigenvalue weighted by molar-refractivity contribution is 5.69. The Hall–Kier alpha value is -0.530. The summed E-state index contributed by atoms with van der Waals surface area (Å²) in [5.74, 6) is 0.0366. The average molecular weight is 184 g/mol. The van der Waals surface area contributed by atoms with Crippen LogP contribution in [0, 0.1) is 11.8 Å². The Balaban J connectivity index is 2.32. The molecule has 2 nitrogen and oxygen atoms in total. The Morgan fingerprint density at radius 3 is 2.54 bits per heavy atom. The Morgan fingerprint density at radius 1 is 1.46 bits per heavy atom. The van der Waals surface area contributed by atoms with E-state index in [0.717, 1.165) is 19.3 Å². The molecule has 2 heteroatoms. The third-order valence-electron chi connectivity index (χ3n) is 3.08. The molecule has 1 atom stereocenters. The molecular weight excluding hydrogens is 164 g/mol. The molecule has 76 valence electrons. The minimum absolute atomic E-state index is 0.0758. The van der Waals surface area contributed by atoms with Gasteiger partial charge in [-0.15, -0.1) is 0 Å². The number of carbonyl (C=O) groups is 1. The minimum atomic E-state index is -0.589. The second kappa shape index (κ2) is 5.25. The van der Waals surface area contributed by atoms with Crippen molar-refractivity contribution in [3.63, 3.8) is 0 Å². The lowest BCUT2D eigenvalue weighted by atomic mass is 9.90. The van der Waals surface area contributed by atoms with E-state index in [2.05, 4.69) is 6.92 Å². The van der Waals surface area contributed by atoms with Crippen molar-refractivity contribution >= 4 is 5.97 Å². The van der Waals surface area contributed by atoms with Crippen molar-refractivity contribution in [2.45, 2.75) is 51.9 Å². The monoisotopic (exact) mass is 184 g/mol. The molecule has 1 saturated carbocycles. The highest BCUT2D eigenvalue weighted by Crippen LogP contribution is 2.31. The average Bonchev–Trinajstić information content (AvgIpc) is 2.56. The predicted molar refractivity (Wildman–Crippen MR) is 52.6 cm³/mol. The highest BCUT2D eigenvalue weighted by Gasteiger charge is 2.23. The molecule has 0 spiro atoms. The maximum atomic E-state index is 10.9. The molecule has 0 bridgehead atoms. The van der Waals surface area contributed by atoms with Crippen LogP contribution in [-0.4, -0.2) is 11.1 Å². The van der Waals surface area contributed by atoms with Gasteiger partial charge in [0, 0.05) is 0 Å². The summed E-state index contributed by atoms with van der Waals surface area (Å²) < 4.78 is 0. The Bertz CT molecular complexity index is 159. The van der Waals surface area contributed by atoms with Crippen LogP contribution >= 0.6 is 0 Å². The molecule has 1 N–H and O–H groups in total. The second-order valence-electron chi connectivity index (χ2n) is 4.21. The standard InChI is InChI=1S/C11H20O2/c1-2-5-10(11(12)13)8-9-6-3-4-7-9/h9-10H,2-8H2,1H3,(H,12,13)/t10-/m1/s1. The number of hydrogen-bond donors (Lipinski definition) is 1. The number of rotatable bonds is 5. The lowest BCUT2D eigenvalue weighted by Gasteiger charge is -2.15. The molecule has 0 amide bonds. The number of carboxylic acids is 1. The van der Waals surface area contributed by atoms with Gasteiger partial charge in [0.15, 0.2) is 0 Å². The van der Waals surface area contributed by atoms with Gasteiger partial charge in [-0.3, -0.25) is 4.79 Å². The molecule has 0 unspecified atom stereocenters. The van der Waals surface area contributed by atoms with Crippen LogP contribution in [0.1, 0.15) is 51.9 Å². The van der Waals surface area contributed by atoms with Crippen molar-refractivity contribution in [1.29, 1.82) is 0 Å². The fourth-order valence-corrected chi connectivity index (χ4v) is 2.34. The first kappa shape index (κ1) is 10.6. The molecule has 0 aliphatic heterocycles. The van der Waals surface area contributed by atoms with E-state index in [1.54, 1.807) is 0 Å². The van der Waals surface area contributed by atoms with Crippen LogP contribution in [0.15, 0.2) is 0 Å². The topological polar surface area (TPSA) is 37.3 Å². The summed E-state index contributed by atoms with van der Waals surface area (Å²) in [6.45, 7) is 2.06. The summed E-state index contributed by atoms with van der Waals surface area (Å²) in [5, 5.41) is 8.96. The molecule has 1 aliphatic carbocycles. The Kier molecular flexibility index (Phi) is 4.26. The van der Waals surface area contributed by atoms with Gasteiger partial charge in [0.1, 0.15) is 0 Å². The van der Waals surface area contributed by atoms with E-state index in [1.165, 1.54) is 25.7 Å². The third-order valence-corrected chi connectivity index (χ3v) is 3.08. The Labute approximate surface area is 80.3 Å². The van der Waals surface area contributed by atoms with Crippen molar-refractivity contribution in [3.05, 3.63) is 0 Å². The first-order chi connectivity index (χ1) is 6.24. The Morgan fingerprint density at radius 2 is 2.08 bits per heavy atom. The molecule has 13 heavy (non-hydrogen) atoms. The molecule has 1 fully saturated rings. The molecule has 1 aliphatic rings. The zero-order valence-corrected chi connectivity index (χ0v) is 8.46. The predicted octanol–water partition coefficient (Wildman–Crippen LogP) is 3.07. The van der Waals surface area contributed by atoms with Gasteiger partial charge < -0.3 is 5.11 Å². The van der Waals surface area contributed by atoms with Crippen molar-refractivity contribution in [3.8, 4) is 0 Å². The normalized spacial score (nSPS) is 20.4. The van der Waals surface area contributed by atoms with Gasteiger partial charge in [0.2, 0.25) is 0 Å². The molecule has 0 heterocycles. The molecule has 0 aromatic carbocycles. The van der Waals surface area contributed by atoms with Crippen LogP contribution < -0.4 is 0 Å². The van der Waals surface area contributed by atoms with E-state index >= 15 is 0 Å². The zero-order valence-electron chi connectivity index (χ0n) is 8.46. The molecule has 0 aromatic rings. The van der Waals surface area contributed by atoms with Gasteiger partial charge in [0.05, 0.1) is 5.92 Å². The zero-order chi connectivity index (χ0) is 9.68. The van der Waals surface area contributed by atoms with Crippen LogP contribution in [0.5, 0.6) is 0 Å². The highest BCUT2D eigenvalue weighted by atomic mass is 16.4. The summed E-state index contributed by atoms with van der Waals surface area (Å²) in [4.78, 5) is 10.9. The SMILES string of the molecule is CCC[C@H](CC1CCCC1)C(=O)O. The van der Waals surface area contributed by atoms with E-state index < -0.39 is 5.97 Å².